The fourth-order valence-corrected chi connectivity index (χ4v) is 4.65. The van der Waals surface area contributed by atoms with Crippen LogP contribution in [0.2, 0.25) is 0 Å². The summed E-state index contributed by atoms with van der Waals surface area (Å²) in [6.45, 7) is 9.07. The number of amides is 1. The van der Waals surface area contributed by atoms with Gasteiger partial charge in [0.1, 0.15) is 5.75 Å². The van der Waals surface area contributed by atoms with Crippen molar-refractivity contribution in [3.63, 3.8) is 0 Å². The third-order valence-electron chi connectivity index (χ3n) is 4.90. The number of rotatable bonds is 7. The molecule has 1 N–H and O–H groups in total. The Morgan fingerprint density at radius 1 is 1.28 bits per heavy atom. The molecule has 0 saturated carbocycles. The van der Waals surface area contributed by atoms with E-state index in [-0.39, 0.29) is 24.0 Å². The van der Waals surface area contributed by atoms with Crippen molar-refractivity contribution < 1.29 is 22.5 Å². The van der Waals surface area contributed by atoms with E-state index in [0.29, 0.717) is 41.6 Å². The maximum absolute atomic E-state index is 12.9. The number of nitrogens with zero attached hydrogens (tertiary/aromatic N) is 3. The van der Waals surface area contributed by atoms with Gasteiger partial charge in [-0.1, -0.05) is 19.0 Å². The van der Waals surface area contributed by atoms with Crippen LogP contribution in [0.15, 0.2) is 21.6 Å². The summed E-state index contributed by atoms with van der Waals surface area (Å²) in [6, 6.07) is 3.10. The van der Waals surface area contributed by atoms with Crippen LogP contribution in [-0.2, 0) is 27.8 Å². The minimum absolute atomic E-state index is 0.116. The molecule has 9 nitrogen and oxygen atoms in total. The number of carbonyl (C=O) groups is 1. The van der Waals surface area contributed by atoms with Gasteiger partial charge in [0.2, 0.25) is 15.9 Å². The summed E-state index contributed by atoms with van der Waals surface area (Å²) in [5, 5.41) is 3.89. The van der Waals surface area contributed by atoms with Gasteiger partial charge in [-0.2, -0.15) is 4.98 Å². The van der Waals surface area contributed by atoms with Crippen LogP contribution in [0.3, 0.4) is 0 Å². The molecule has 0 saturated heterocycles. The van der Waals surface area contributed by atoms with E-state index < -0.39 is 15.6 Å². The van der Waals surface area contributed by atoms with Crippen molar-refractivity contribution in [2.24, 2.45) is 0 Å². The highest BCUT2D eigenvalue weighted by molar-refractivity contribution is 7.89. The van der Waals surface area contributed by atoms with Crippen molar-refractivity contribution in [3.05, 3.63) is 29.4 Å². The van der Waals surface area contributed by atoms with Gasteiger partial charge in [-0.3, -0.25) is 9.69 Å². The molecule has 2 heterocycles. The first-order valence-corrected chi connectivity index (χ1v) is 11.0. The molecule has 0 aliphatic carbocycles. The Bertz CT molecular complexity index is 1030. The van der Waals surface area contributed by atoms with E-state index in [1.165, 1.54) is 11.0 Å². The summed E-state index contributed by atoms with van der Waals surface area (Å²) in [5.74, 6) is 0.927. The number of aryl methyl sites for hydroxylation is 2. The monoisotopic (exact) mass is 422 g/mol. The Hall–Kier alpha value is -2.46. The SMILES string of the molecule is CCc1nc(CN2C(=O)COc3cc(S(=O)(=O)NC(C)(C)CC)c(C)cc32)no1. The molecule has 1 aromatic heterocycles. The number of benzene rings is 1. The van der Waals surface area contributed by atoms with Gasteiger partial charge in [-0.25, -0.2) is 13.1 Å². The van der Waals surface area contributed by atoms with Crippen LogP contribution in [0, 0.1) is 6.92 Å². The minimum Gasteiger partial charge on any atom is -0.482 e. The van der Waals surface area contributed by atoms with E-state index in [2.05, 4.69) is 14.9 Å². The summed E-state index contributed by atoms with van der Waals surface area (Å²) in [5.41, 5.74) is 0.406. The van der Waals surface area contributed by atoms with Gasteiger partial charge in [0.25, 0.3) is 5.91 Å². The lowest BCUT2D eigenvalue weighted by molar-refractivity contribution is -0.121. The highest BCUT2D eigenvalue weighted by Crippen LogP contribution is 2.37. The molecule has 158 valence electrons. The fourth-order valence-electron chi connectivity index (χ4n) is 2.93. The normalized spacial score (nSPS) is 14.7. The maximum atomic E-state index is 12.9. The Morgan fingerprint density at radius 3 is 2.62 bits per heavy atom. The second-order valence-electron chi connectivity index (χ2n) is 7.65. The van der Waals surface area contributed by atoms with Crippen LogP contribution in [0.1, 0.15) is 51.4 Å². The molecular formula is C19H26N4O5S. The number of nitrogens with one attached hydrogen (secondary N) is 1. The Labute approximate surface area is 170 Å². The number of carbonyl (C=O) groups excluding carboxylic acids is 1. The zero-order valence-corrected chi connectivity index (χ0v) is 18.1. The first-order valence-electron chi connectivity index (χ1n) is 9.49. The standard InChI is InChI=1S/C19H26N4O5S/c1-6-17-20-16(21-28-17)10-23-13-8-12(3)15(9-14(13)27-11-18(23)24)29(25,26)22-19(4,5)7-2/h8-9,22H,6-7,10-11H2,1-5H3. The van der Waals surface area contributed by atoms with Gasteiger partial charge < -0.3 is 9.26 Å². The molecule has 1 aromatic carbocycles. The van der Waals surface area contributed by atoms with Crippen LogP contribution in [-0.4, -0.2) is 36.6 Å². The lowest BCUT2D eigenvalue weighted by Gasteiger charge is -2.30. The van der Waals surface area contributed by atoms with Gasteiger partial charge in [0, 0.05) is 18.0 Å². The zero-order chi connectivity index (χ0) is 21.4. The summed E-state index contributed by atoms with van der Waals surface area (Å²) in [7, 11) is -3.76. The zero-order valence-electron chi connectivity index (χ0n) is 17.3. The molecule has 29 heavy (non-hydrogen) atoms. The summed E-state index contributed by atoms with van der Waals surface area (Å²) < 4.78 is 39.2. The minimum atomic E-state index is -3.76. The predicted molar refractivity (Wildman–Crippen MR) is 106 cm³/mol. The summed E-state index contributed by atoms with van der Waals surface area (Å²) in [6.07, 6.45) is 1.24. The van der Waals surface area contributed by atoms with E-state index >= 15 is 0 Å². The molecule has 3 rings (SSSR count). The maximum Gasteiger partial charge on any atom is 0.265 e. The van der Waals surface area contributed by atoms with Crippen molar-refractivity contribution in [2.75, 3.05) is 11.5 Å². The molecular weight excluding hydrogens is 396 g/mol. The lowest BCUT2D eigenvalue weighted by Crippen LogP contribution is -2.43. The third-order valence-corrected chi connectivity index (χ3v) is 6.74. The number of anilines is 1. The fraction of sp³-hybridized carbons (Fsp3) is 0.526. The molecule has 2 aromatic rings. The first kappa shape index (κ1) is 21.3. The second-order valence-corrected chi connectivity index (χ2v) is 9.31. The van der Waals surface area contributed by atoms with E-state index in [4.69, 9.17) is 9.26 Å². The Kier molecular flexibility index (Phi) is 5.68. The summed E-state index contributed by atoms with van der Waals surface area (Å²) in [4.78, 5) is 18.3. The molecule has 1 aliphatic rings. The van der Waals surface area contributed by atoms with Crippen molar-refractivity contribution >= 4 is 21.6 Å². The average molecular weight is 423 g/mol. The van der Waals surface area contributed by atoms with E-state index in [0.717, 1.165) is 0 Å². The Balaban J connectivity index is 1.97. The van der Waals surface area contributed by atoms with Gasteiger partial charge in [-0.15, -0.1) is 0 Å². The molecule has 1 amide bonds. The Morgan fingerprint density at radius 2 is 2.00 bits per heavy atom. The van der Waals surface area contributed by atoms with E-state index in [1.54, 1.807) is 13.0 Å². The van der Waals surface area contributed by atoms with Crippen molar-refractivity contribution in [2.45, 2.75) is 64.4 Å². The van der Waals surface area contributed by atoms with Crippen molar-refractivity contribution in [1.82, 2.24) is 14.9 Å². The molecule has 0 atom stereocenters. The smallest absolute Gasteiger partial charge is 0.265 e. The highest BCUT2D eigenvalue weighted by atomic mass is 32.2. The van der Waals surface area contributed by atoms with Gasteiger partial charge in [0.15, 0.2) is 12.4 Å². The van der Waals surface area contributed by atoms with Crippen LogP contribution in [0.4, 0.5) is 5.69 Å². The topological polar surface area (TPSA) is 115 Å². The molecule has 0 fully saturated rings. The number of sulfonamides is 1. The number of ether oxygens (including phenoxy) is 1. The molecule has 10 heteroatoms. The van der Waals surface area contributed by atoms with Crippen LogP contribution in [0.5, 0.6) is 5.75 Å². The second kappa shape index (κ2) is 7.75. The van der Waals surface area contributed by atoms with Crippen LogP contribution in [0.25, 0.3) is 0 Å². The van der Waals surface area contributed by atoms with Gasteiger partial charge in [0.05, 0.1) is 17.1 Å². The third kappa shape index (κ3) is 4.43. The van der Waals surface area contributed by atoms with Crippen LogP contribution >= 0.6 is 0 Å². The van der Waals surface area contributed by atoms with E-state index in [9.17, 15) is 13.2 Å². The van der Waals surface area contributed by atoms with Gasteiger partial charge >= 0.3 is 0 Å². The van der Waals surface area contributed by atoms with E-state index in [1.807, 2.05) is 27.7 Å². The van der Waals surface area contributed by atoms with Gasteiger partial charge in [-0.05, 0) is 38.8 Å². The molecule has 0 spiro atoms. The average Bonchev–Trinajstić information content (AvgIpc) is 3.10. The molecule has 0 radical (unpaired) electrons. The predicted octanol–water partition coefficient (Wildman–Crippen LogP) is 2.33. The number of fused-ring (bicyclic) bond motifs is 1. The highest BCUT2D eigenvalue weighted by Gasteiger charge is 2.32. The molecule has 0 bridgehead atoms. The largest absolute Gasteiger partial charge is 0.482 e. The lowest BCUT2D eigenvalue weighted by atomic mass is 10.0. The first-order chi connectivity index (χ1) is 13.6. The molecule has 1 aliphatic heterocycles. The van der Waals surface area contributed by atoms with Crippen molar-refractivity contribution in [1.29, 1.82) is 0 Å². The van der Waals surface area contributed by atoms with Crippen molar-refractivity contribution in [3.8, 4) is 5.75 Å². The number of hydrogen-bond acceptors (Lipinski definition) is 7. The molecule has 0 unspecified atom stereocenters. The number of hydrogen-bond donors (Lipinski definition) is 1. The quantitative estimate of drug-likeness (QED) is 0.728. The summed E-state index contributed by atoms with van der Waals surface area (Å²) >= 11 is 0. The number of aromatic nitrogens is 2. The van der Waals surface area contributed by atoms with Crippen LogP contribution < -0.4 is 14.4 Å².